The van der Waals surface area contributed by atoms with E-state index in [1.54, 1.807) is 6.92 Å². The van der Waals surface area contributed by atoms with Gasteiger partial charge in [-0.2, -0.15) is 0 Å². The lowest BCUT2D eigenvalue weighted by atomic mass is 9.77. The molecule has 0 aromatic heterocycles. The fourth-order valence-electron chi connectivity index (χ4n) is 4.37. The SMILES string of the molecule is C=C(C)C(=O)OCCC(CCO)c1ccc(C2CCC(CCCC)CC2)cc1. The third kappa shape index (κ3) is 7.09. The van der Waals surface area contributed by atoms with Crippen molar-refractivity contribution in [3.8, 4) is 0 Å². The highest BCUT2D eigenvalue weighted by molar-refractivity contribution is 5.86. The molecular formula is C25H38O3. The minimum Gasteiger partial charge on any atom is -0.462 e. The second kappa shape index (κ2) is 12.1. The molecular weight excluding hydrogens is 348 g/mol. The van der Waals surface area contributed by atoms with Gasteiger partial charge in [-0.25, -0.2) is 4.79 Å². The molecule has 0 saturated heterocycles. The number of rotatable bonds is 11. The summed E-state index contributed by atoms with van der Waals surface area (Å²) in [6.45, 7) is 8.04. The summed E-state index contributed by atoms with van der Waals surface area (Å²) >= 11 is 0. The van der Waals surface area contributed by atoms with E-state index in [-0.39, 0.29) is 18.5 Å². The molecule has 2 rings (SSSR count). The maximum absolute atomic E-state index is 11.5. The molecule has 0 aliphatic heterocycles. The molecule has 28 heavy (non-hydrogen) atoms. The molecule has 1 aromatic rings. The zero-order valence-electron chi connectivity index (χ0n) is 17.8. The van der Waals surface area contributed by atoms with Gasteiger partial charge in [0.25, 0.3) is 0 Å². The Bertz CT molecular complexity index is 597. The molecule has 1 saturated carbocycles. The summed E-state index contributed by atoms with van der Waals surface area (Å²) in [5.41, 5.74) is 3.10. The molecule has 0 amide bonds. The summed E-state index contributed by atoms with van der Waals surface area (Å²) in [6.07, 6.45) is 10.9. The second-order valence-electron chi connectivity index (χ2n) is 8.44. The molecule has 3 heteroatoms. The lowest BCUT2D eigenvalue weighted by molar-refractivity contribution is -0.139. The lowest BCUT2D eigenvalue weighted by Crippen LogP contribution is -2.14. The van der Waals surface area contributed by atoms with Gasteiger partial charge in [0.1, 0.15) is 0 Å². The number of aliphatic hydroxyl groups excluding tert-OH is 1. The Kier molecular flexibility index (Phi) is 9.77. The van der Waals surface area contributed by atoms with Gasteiger partial charge >= 0.3 is 5.97 Å². The highest BCUT2D eigenvalue weighted by Gasteiger charge is 2.22. The Labute approximate surface area is 171 Å². The predicted molar refractivity (Wildman–Crippen MR) is 115 cm³/mol. The van der Waals surface area contributed by atoms with Crippen LogP contribution >= 0.6 is 0 Å². The van der Waals surface area contributed by atoms with E-state index >= 15 is 0 Å². The molecule has 1 aliphatic carbocycles. The van der Waals surface area contributed by atoms with Crippen molar-refractivity contribution < 1.29 is 14.6 Å². The van der Waals surface area contributed by atoms with E-state index in [9.17, 15) is 9.90 Å². The lowest BCUT2D eigenvalue weighted by Gasteiger charge is -2.29. The van der Waals surface area contributed by atoms with Crippen molar-refractivity contribution >= 4 is 5.97 Å². The van der Waals surface area contributed by atoms with Crippen molar-refractivity contribution in [2.45, 2.75) is 83.5 Å². The van der Waals surface area contributed by atoms with Crippen molar-refractivity contribution in [3.05, 3.63) is 47.5 Å². The smallest absolute Gasteiger partial charge is 0.333 e. The van der Waals surface area contributed by atoms with Crippen LogP contribution in [0.25, 0.3) is 0 Å². The first-order valence-corrected chi connectivity index (χ1v) is 11.1. The number of unbranched alkanes of at least 4 members (excludes halogenated alkanes) is 1. The zero-order chi connectivity index (χ0) is 20.4. The van der Waals surface area contributed by atoms with Crippen LogP contribution in [-0.4, -0.2) is 24.3 Å². The van der Waals surface area contributed by atoms with Gasteiger partial charge < -0.3 is 9.84 Å². The molecule has 1 atom stereocenters. The molecule has 1 aliphatic rings. The Morgan fingerprint density at radius 1 is 1.18 bits per heavy atom. The molecule has 1 unspecified atom stereocenters. The topological polar surface area (TPSA) is 46.5 Å². The van der Waals surface area contributed by atoms with E-state index in [0.717, 1.165) is 12.3 Å². The summed E-state index contributed by atoms with van der Waals surface area (Å²) in [5.74, 6) is 1.50. The highest BCUT2D eigenvalue weighted by Crippen LogP contribution is 2.38. The fourth-order valence-corrected chi connectivity index (χ4v) is 4.37. The van der Waals surface area contributed by atoms with Gasteiger partial charge in [-0.15, -0.1) is 0 Å². The Balaban J connectivity index is 1.88. The van der Waals surface area contributed by atoms with Crippen LogP contribution in [0.4, 0.5) is 0 Å². The van der Waals surface area contributed by atoms with Crippen molar-refractivity contribution in [3.63, 3.8) is 0 Å². The van der Waals surface area contributed by atoms with Crippen LogP contribution in [0, 0.1) is 5.92 Å². The minimum atomic E-state index is -0.340. The predicted octanol–water partition coefficient (Wildman–Crippen LogP) is 6.13. The quantitative estimate of drug-likeness (QED) is 0.368. The molecule has 0 bridgehead atoms. The van der Waals surface area contributed by atoms with Crippen LogP contribution in [-0.2, 0) is 9.53 Å². The van der Waals surface area contributed by atoms with Gasteiger partial charge in [0.2, 0.25) is 0 Å². The first kappa shape index (κ1) is 22.7. The number of carbonyl (C=O) groups is 1. The molecule has 0 heterocycles. The molecule has 0 spiro atoms. The van der Waals surface area contributed by atoms with Crippen molar-refractivity contribution in [1.29, 1.82) is 0 Å². The fraction of sp³-hybridized carbons (Fsp3) is 0.640. The first-order valence-electron chi connectivity index (χ1n) is 11.1. The average molecular weight is 387 g/mol. The molecule has 3 nitrogen and oxygen atoms in total. The van der Waals surface area contributed by atoms with Crippen LogP contribution in [0.5, 0.6) is 0 Å². The molecule has 1 N–H and O–H groups in total. The number of ether oxygens (including phenoxy) is 1. The zero-order valence-corrected chi connectivity index (χ0v) is 17.8. The van der Waals surface area contributed by atoms with Crippen molar-refractivity contribution in [2.24, 2.45) is 5.92 Å². The highest BCUT2D eigenvalue weighted by atomic mass is 16.5. The van der Waals surface area contributed by atoms with E-state index in [2.05, 4.69) is 37.8 Å². The van der Waals surface area contributed by atoms with E-state index in [1.165, 1.54) is 56.1 Å². The minimum absolute atomic E-state index is 0.141. The normalized spacial score (nSPS) is 20.5. The number of esters is 1. The van der Waals surface area contributed by atoms with Crippen LogP contribution in [0.1, 0.15) is 94.6 Å². The standard InChI is InChI=1S/C25H38O3/c1-4-5-6-20-7-9-21(10-8-20)22-11-13-23(14-12-22)24(15-17-26)16-18-28-25(27)19(2)3/h11-14,20-21,24,26H,2,4-10,15-18H2,1,3H3. The molecule has 1 aromatic carbocycles. The number of carbonyl (C=O) groups excluding carboxylic acids is 1. The molecule has 1 fully saturated rings. The summed E-state index contributed by atoms with van der Waals surface area (Å²) < 4.78 is 5.24. The molecule has 0 radical (unpaired) electrons. The van der Waals surface area contributed by atoms with Crippen LogP contribution < -0.4 is 0 Å². The third-order valence-corrected chi connectivity index (χ3v) is 6.22. The number of aliphatic hydroxyl groups is 1. The largest absolute Gasteiger partial charge is 0.462 e. The van der Waals surface area contributed by atoms with Crippen LogP contribution in [0.2, 0.25) is 0 Å². The first-order chi connectivity index (χ1) is 13.5. The summed E-state index contributed by atoms with van der Waals surface area (Å²) in [6, 6.07) is 8.96. The summed E-state index contributed by atoms with van der Waals surface area (Å²) in [5, 5.41) is 9.42. The van der Waals surface area contributed by atoms with Gasteiger partial charge in [-0.1, -0.05) is 57.0 Å². The van der Waals surface area contributed by atoms with Crippen LogP contribution in [0.3, 0.4) is 0 Å². The van der Waals surface area contributed by atoms with Gasteiger partial charge in [0.05, 0.1) is 6.61 Å². The average Bonchev–Trinajstić information content (AvgIpc) is 2.72. The second-order valence-corrected chi connectivity index (χ2v) is 8.44. The van der Waals surface area contributed by atoms with E-state index in [4.69, 9.17) is 4.74 Å². The van der Waals surface area contributed by atoms with Gasteiger partial charge in [-0.3, -0.25) is 0 Å². The number of benzene rings is 1. The van der Waals surface area contributed by atoms with E-state index < -0.39 is 0 Å². The Morgan fingerprint density at radius 3 is 2.43 bits per heavy atom. The van der Waals surface area contributed by atoms with Crippen molar-refractivity contribution in [2.75, 3.05) is 13.2 Å². The summed E-state index contributed by atoms with van der Waals surface area (Å²) in [7, 11) is 0. The van der Waals surface area contributed by atoms with Crippen molar-refractivity contribution in [1.82, 2.24) is 0 Å². The van der Waals surface area contributed by atoms with Crippen LogP contribution in [0.15, 0.2) is 36.4 Å². The number of hydrogen-bond donors (Lipinski definition) is 1. The van der Waals surface area contributed by atoms with Gasteiger partial charge in [-0.05, 0) is 74.3 Å². The Hall–Kier alpha value is -1.61. The monoisotopic (exact) mass is 386 g/mol. The number of hydrogen-bond acceptors (Lipinski definition) is 3. The maximum atomic E-state index is 11.5. The summed E-state index contributed by atoms with van der Waals surface area (Å²) in [4.78, 5) is 11.5. The molecule has 156 valence electrons. The Morgan fingerprint density at radius 2 is 1.86 bits per heavy atom. The van der Waals surface area contributed by atoms with E-state index in [0.29, 0.717) is 24.5 Å². The third-order valence-electron chi connectivity index (χ3n) is 6.22. The van der Waals surface area contributed by atoms with Gasteiger partial charge in [0.15, 0.2) is 0 Å². The van der Waals surface area contributed by atoms with Gasteiger partial charge in [0, 0.05) is 12.2 Å². The van der Waals surface area contributed by atoms with E-state index in [1.807, 2.05) is 0 Å². The maximum Gasteiger partial charge on any atom is 0.333 e.